The number of hydrogen-bond donors (Lipinski definition) is 3. The maximum atomic E-state index is 13.0. The lowest BCUT2D eigenvalue weighted by Gasteiger charge is -2.29. The summed E-state index contributed by atoms with van der Waals surface area (Å²) in [6.45, 7) is 9.94. The molecule has 1 unspecified atom stereocenters. The first kappa shape index (κ1) is 31.5. The van der Waals surface area contributed by atoms with Gasteiger partial charge in [-0.15, -0.1) is 0 Å². The van der Waals surface area contributed by atoms with Gasteiger partial charge in [0.2, 0.25) is 5.91 Å². The van der Waals surface area contributed by atoms with Crippen molar-refractivity contribution in [3.8, 4) is 0 Å². The number of carbonyl (C=O) groups excluding carboxylic acids is 3. The zero-order valence-electron chi connectivity index (χ0n) is 23.5. The second-order valence-corrected chi connectivity index (χ2v) is 11.9. The van der Waals surface area contributed by atoms with Crippen molar-refractivity contribution < 1.29 is 24.2 Å². The lowest BCUT2D eigenvalue weighted by atomic mass is 10.1. The van der Waals surface area contributed by atoms with Crippen molar-refractivity contribution in [1.82, 2.24) is 15.1 Å². The standard InChI is InChI=1S/C29H38Cl2N4O5/c1-18(2)35(17-25(36)20-10-13-22(30)23(31)15-20)27(38)33-21-11-8-19(9-12-21)16-32-26(37)24-7-6-14-34(24)28(39)40-29(3,4)5/h8-13,15,18,24-25,36H,6-7,14,16-17H2,1-5H3,(H,32,37)(H,33,38)/t24?,25-/m1/s1. The molecule has 1 aliphatic rings. The van der Waals surface area contributed by atoms with Gasteiger partial charge in [-0.25, -0.2) is 9.59 Å². The van der Waals surface area contributed by atoms with E-state index < -0.39 is 23.8 Å². The Hall–Kier alpha value is -3.01. The molecule has 1 heterocycles. The predicted molar refractivity (Wildman–Crippen MR) is 157 cm³/mol. The third kappa shape index (κ3) is 8.74. The number of aliphatic hydroxyl groups excluding tert-OH is 1. The van der Waals surface area contributed by atoms with Crippen LogP contribution >= 0.6 is 23.2 Å². The zero-order valence-corrected chi connectivity index (χ0v) is 25.1. The number of aliphatic hydroxyl groups is 1. The summed E-state index contributed by atoms with van der Waals surface area (Å²) in [4.78, 5) is 41.3. The van der Waals surface area contributed by atoms with Crippen molar-refractivity contribution in [1.29, 1.82) is 0 Å². The molecule has 0 radical (unpaired) electrons. The molecule has 4 amide bonds. The number of hydrogen-bond acceptors (Lipinski definition) is 5. The molecule has 3 N–H and O–H groups in total. The van der Waals surface area contributed by atoms with Crippen molar-refractivity contribution in [2.45, 2.75) is 77.8 Å². The van der Waals surface area contributed by atoms with Gasteiger partial charge in [0, 0.05) is 24.8 Å². The van der Waals surface area contributed by atoms with E-state index in [1.165, 1.54) is 9.80 Å². The molecule has 1 aliphatic heterocycles. The molecule has 9 nitrogen and oxygen atoms in total. The van der Waals surface area contributed by atoms with Crippen molar-refractivity contribution in [3.63, 3.8) is 0 Å². The third-order valence-corrected chi connectivity index (χ3v) is 7.18. The first-order valence-electron chi connectivity index (χ1n) is 13.3. The quantitative estimate of drug-likeness (QED) is 0.349. The molecule has 2 aromatic carbocycles. The van der Waals surface area contributed by atoms with E-state index in [1.54, 1.807) is 63.2 Å². The average Bonchev–Trinajstić information content (AvgIpc) is 3.37. The molecule has 40 heavy (non-hydrogen) atoms. The Morgan fingerprint density at radius 1 is 1.10 bits per heavy atom. The largest absolute Gasteiger partial charge is 0.444 e. The molecule has 0 aromatic heterocycles. The monoisotopic (exact) mass is 592 g/mol. The van der Waals surface area contributed by atoms with Gasteiger partial charge in [-0.1, -0.05) is 41.4 Å². The Balaban J connectivity index is 1.54. The Labute approximate surface area is 245 Å². The fourth-order valence-electron chi connectivity index (χ4n) is 4.33. The molecule has 218 valence electrons. The summed E-state index contributed by atoms with van der Waals surface area (Å²) in [6.07, 6.45) is -0.101. The number of amides is 4. The SMILES string of the molecule is CC(C)N(C[C@@H](O)c1ccc(Cl)c(Cl)c1)C(=O)Nc1ccc(CNC(=O)C2CCCN2C(=O)OC(C)(C)C)cc1. The highest BCUT2D eigenvalue weighted by Crippen LogP contribution is 2.27. The Morgan fingerprint density at radius 3 is 2.38 bits per heavy atom. The number of carbonyl (C=O) groups is 3. The second kappa shape index (κ2) is 13.6. The molecule has 0 aliphatic carbocycles. The summed E-state index contributed by atoms with van der Waals surface area (Å²) in [5.41, 5.74) is 1.34. The number of likely N-dealkylation sites (tertiary alicyclic amines) is 1. The summed E-state index contributed by atoms with van der Waals surface area (Å²) < 4.78 is 5.44. The average molecular weight is 594 g/mol. The van der Waals surface area contributed by atoms with Gasteiger partial charge in [-0.2, -0.15) is 0 Å². The van der Waals surface area contributed by atoms with Gasteiger partial charge in [0.1, 0.15) is 11.6 Å². The molecule has 3 rings (SSSR count). The van der Waals surface area contributed by atoms with Crippen LogP contribution in [0.1, 0.15) is 64.7 Å². The van der Waals surface area contributed by atoms with Crippen molar-refractivity contribution in [3.05, 3.63) is 63.6 Å². The van der Waals surface area contributed by atoms with Crippen LogP contribution in [0.25, 0.3) is 0 Å². The molecule has 0 saturated carbocycles. The van der Waals surface area contributed by atoms with Gasteiger partial charge < -0.3 is 25.4 Å². The van der Waals surface area contributed by atoms with Crippen LogP contribution in [0, 0.1) is 0 Å². The van der Waals surface area contributed by atoms with E-state index in [4.69, 9.17) is 27.9 Å². The van der Waals surface area contributed by atoms with Crippen LogP contribution in [0.15, 0.2) is 42.5 Å². The smallest absolute Gasteiger partial charge is 0.410 e. The summed E-state index contributed by atoms with van der Waals surface area (Å²) in [5.74, 6) is -0.228. The summed E-state index contributed by atoms with van der Waals surface area (Å²) in [7, 11) is 0. The molecule has 1 saturated heterocycles. The first-order valence-corrected chi connectivity index (χ1v) is 14.1. The Morgan fingerprint density at radius 2 is 1.77 bits per heavy atom. The molecule has 1 fully saturated rings. The number of halogens is 2. The normalized spacial score (nSPS) is 16.0. The lowest BCUT2D eigenvalue weighted by molar-refractivity contribution is -0.125. The van der Waals surface area contributed by atoms with Crippen LogP contribution in [0.3, 0.4) is 0 Å². The molecule has 2 atom stereocenters. The maximum Gasteiger partial charge on any atom is 0.410 e. The van der Waals surface area contributed by atoms with E-state index in [1.807, 2.05) is 13.8 Å². The van der Waals surface area contributed by atoms with Crippen molar-refractivity contribution >= 4 is 46.9 Å². The van der Waals surface area contributed by atoms with E-state index >= 15 is 0 Å². The highest BCUT2D eigenvalue weighted by Gasteiger charge is 2.36. The third-order valence-electron chi connectivity index (χ3n) is 6.44. The highest BCUT2D eigenvalue weighted by atomic mass is 35.5. The van der Waals surface area contributed by atoms with Gasteiger partial charge in [0.25, 0.3) is 0 Å². The van der Waals surface area contributed by atoms with E-state index in [9.17, 15) is 19.5 Å². The number of nitrogens with one attached hydrogen (secondary N) is 2. The summed E-state index contributed by atoms with van der Waals surface area (Å²) in [5, 5.41) is 17.2. The van der Waals surface area contributed by atoms with Crippen LogP contribution in [-0.4, -0.2) is 63.7 Å². The predicted octanol–water partition coefficient (Wildman–Crippen LogP) is 5.99. The maximum absolute atomic E-state index is 13.0. The van der Waals surface area contributed by atoms with Gasteiger partial charge in [-0.3, -0.25) is 9.69 Å². The number of anilines is 1. The highest BCUT2D eigenvalue weighted by molar-refractivity contribution is 6.42. The van der Waals surface area contributed by atoms with Gasteiger partial charge >= 0.3 is 12.1 Å². The number of benzene rings is 2. The minimum absolute atomic E-state index is 0.0626. The van der Waals surface area contributed by atoms with Gasteiger partial charge in [0.05, 0.1) is 22.7 Å². The topological polar surface area (TPSA) is 111 Å². The number of rotatable bonds is 8. The zero-order chi connectivity index (χ0) is 29.6. The molecule has 0 spiro atoms. The van der Waals surface area contributed by atoms with Crippen LogP contribution in [0.5, 0.6) is 0 Å². The molecular formula is C29H38Cl2N4O5. The molecule has 2 aromatic rings. The van der Waals surface area contributed by atoms with Crippen LogP contribution in [-0.2, 0) is 16.1 Å². The van der Waals surface area contributed by atoms with Crippen molar-refractivity contribution in [2.75, 3.05) is 18.4 Å². The summed E-state index contributed by atoms with van der Waals surface area (Å²) >= 11 is 12.0. The van der Waals surface area contributed by atoms with Crippen LogP contribution in [0.2, 0.25) is 10.0 Å². The molecule has 0 bridgehead atoms. The van der Waals surface area contributed by atoms with Gasteiger partial charge in [-0.05, 0) is 82.9 Å². The van der Waals surface area contributed by atoms with E-state index in [0.717, 1.165) is 12.0 Å². The van der Waals surface area contributed by atoms with E-state index in [0.29, 0.717) is 34.3 Å². The van der Waals surface area contributed by atoms with Crippen molar-refractivity contribution in [2.24, 2.45) is 0 Å². The lowest BCUT2D eigenvalue weighted by Crippen LogP contribution is -2.47. The minimum atomic E-state index is -0.944. The number of urea groups is 1. The molecular weight excluding hydrogens is 555 g/mol. The van der Waals surface area contributed by atoms with Crippen LogP contribution < -0.4 is 10.6 Å². The second-order valence-electron chi connectivity index (χ2n) is 11.1. The van der Waals surface area contributed by atoms with Gasteiger partial charge in [0.15, 0.2) is 0 Å². The summed E-state index contributed by atoms with van der Waals surface area (Å²) in [6, 6.07) is 10.9. The Kier molecular flexibility index (Phi) is 10.7. The van der Waals surface area contributed by atoms with E-state index in [2.05, 4.69) is 10.6 Å². The number of ether oxygens (including phenoxy) is 1. The first-order chi connectivity index (χ1) is 18.7. The molecule has 11 heteroatoms. The Bertz CT molecular complexity index is 1200. The number of nitrogens with zero attached hydrogens (tertiary/aromatic N) is 2. The minimum Gasteiger partial charge on any atom is -0.444 e. The fraction of sp³-hybridized carbons (Fsp3) is 0.483. The fourth-order valence-corrected chi connectivity index (χ4v) is 4.63. The van der Waals surface area contributed by atoms with Crippen LogP contribution in [0.4, 0.5) is 15.3 Å². The van der Waals surface area contributed by atoms with E-state index in [-0.39, 0.29) is 31.1 Å².